The van der Waals surface area contributed by atoms with Crippen LogP contribution in [0.5, 0.6) is 0 Å². The van der Waals surface area contributed by atoms with E-state index in [4.69, 9.17) is 0 Å². The number of amides is 1. The van der Waals surface area contributed by atoms with E-state index in [2.05, 4.69) is 20.5 Å². The van der Waals surface area contributed by atoms with Crippen LogP contribution in [0.25, 0.3) is 16.8 Å². The number of nitrogens with zero attached hydrogens (tertiary/aromatic N) is 4. The summed E-state index contributed by atoms with van der Waals surface area (Å²) in [5.74, 6) is -0.141. The molecule has 0 fully saturated rings. The lowest BCUT2D eigenvalue weighted by molar-refractivity contribution is 0.102. The molecule has 8 heteroatoms. The molecule has 1 amide bonds. The van der Waals surface area contributed by atoms with E-state index < -0.39 is 11.5 Å². The fourth-order valence-electron chi connectivity index (χ4n) is 3.30. The van der Waals surface area contributed by atoms with Crippen LogP contribution in [0.2, 0.25) is 0 Å². The molecule has 0 radical (unpaired) electrons. The quantitative estimate of drug-likeness (QED) is 0.574. The van der Waals surface area contributed by atoms with E-state index in [0.29, 0.717) is 17.2 Å². The summed E-state index contributed by atoms with van der Waals surface area (Å²) in [5.41, 5.74) is 3.89. The predicted octanol–water partition coefficient (Wildman–Crippen LogP) is 2.60. The third kappa shape index (κ3) is 2.79. The molecule has 4 rings (SSSR count). The molecule has 0 spiro atoms. The number of carbonyl (C=O) groups excluding carboxylic acids is 1. The highest BCUT2D eigenvalue weighted by atomic mass is 16.2. The fourth-order valence-corrected chi connectivity index (χ4v) is 3.30. The summed E-state index contributed by atoms with van der Waals surface area (Å²) in [6.07, 6.45) is 0. The summed E-state index contributed by atoms with van der Waals surface area (Å²) in [6.45, 7) is 5.42. The molecule has 0 aliphatic carbocycles. The lowest BCUT2D eigenvalue weighted by atomic mass is 10.1. The highest BCUT2D eigenvalue weighted by Crippen LogP contribution is 2.26. The molecule has 1 aromatic carbocycles. The van der Waals surface area contributed by atoms with E-state index in [9.17, 15) is 9.59 Å². The maximum atomic E-state index is 13.1. The zero-order chi connectivity index (χ0) is 20.0. The average molecular weight is 376 g/mol. The van der Waals surface area contributed by atoms with Crippen LogP contribution >= 0.6 is 0 Å². The van der Waals surface area contributed by atoms with Gasteiger partial charge in [0.25, 0.3) is 11.5 Å². The Morgan fingerprint density at radius 1 is 1.14 bits per heavy atom. The number of hydrogen-bond acceptors (Lipinski definition) is 4. The van der Waals surface area contributed by atoms with E-state index in [1.807, 2.05) is 44.2 Å². The van der Waals surface area contributed by atoms with Crippen LogP contribution in [0.15, 0.2) is 41.2 Å². The van der Waals surface area contributed by atoms with Crippen molar-refractivity contribution in [2.75, 3.05) is 5.32 Å². The summed E-state index contributed by atoms with van der Waals surface area (Å²) >= 11 is 0. The third-order valence-corrected chi connectivity index (χ3v) is 4.79. The monoisotopic (exact) mass is 376 g/mol. The Labute approximate surface area is 160 Å². The zero-order valence-corrected chi connectivity index (χ0v) is 16.1. The Bertz CT molecular complexity index is 1240. The Hall–Kier alpha value is -3.68. The zero-order valence-electron chi connectivity index (χ0n) is 16.1. The second-order valence-electron chi connectivity index (χ2n) is 6.76. The van der Waals surface area contributed by atoms with Gasteiger partial charge in [0.1, 0.15) is 5.56 Å². The summed E-state index contributed by atoms with van der Waals surface area (Å²) in [5, 5.41) is 9.92. The van der Waals surface area contributed by atoms with E-state index in [-0.39, 0.29) is 5.56 Å². The van der Waals surface area contributed by atoms with Gasteiger partial charge in [0.2, 0.25) is 0 Å². The Morgan fingerprint density at radius 3 is 2.50 bits per heavy atom. The van der Waals surface area contributed by atoms with Crippen molar-refractivity contribution < 1.29 is 4.79 Å². The van der Waals surface area contributed by atoms with Gasteiger partial charge in [0.05, 0.1) is 5.69 Å². The van der Waals surface area contributed by atoms with Gasteiger partial charge in [-0.2, -0.15) is 5.10 Å². The SMILES string of the molecule is Cc1nc2c(-c3ccccc3)c(C)[nH]n2c(=O)c1C(=O)Nc1cc(C)n(C)n1. The predicted molar refractivity (Wildman–Crippen MR) is 107 cm³/mol. The van der Waals surface area contributed by atoms with Gasteiger partial charge in [0.15, 0.2) is 11.5 Å². The number of nitrogens with one attached hydrogen (secondary N) is 2. The van der Waals surface area contributed by atoms with Crippen molar-refractivity contribution in [3.05, 3.63) is 69.4 Å². The highest BCUT2D eigenvalue weighted by molar-refractivity contribution is 6.04. The first-order valence-corrected chi connectivity index (χ1v) is 8.86. The lowest BCUT2D eigenvalue weighted by Gasteiger charge is -2.06. The van der Waals surface area contributed by atoms with E-state index in [1.165, 1.54) is 4.52 Å². The van der Waals surface area contributed by atoms with Crippen molar-refractivity contribution in [2.45, 2.75) is 20.8 Å². The van der Waals surface area contributed by atoms with E-state index in [1.54, 1.807) is 24.7 Å². The number of aromatic nitrogens is 5. The normalized spacial score (nSPS) is 11.1. The first-order valence-electron chi connectivity index (χ1n) is 8.86. The number of carbonyl (C=O) groups is 1. The van der Waals surface area contributed by atoms with Crippen molar-refractivity contribution in [3.63, 3.8) is 0 Å². The van der Waals surface area contributed by atoms with Gasteiger partial charge < -0.3 is 5.32 Å². The number of aryl methyl sites for hydroxylation is 4. The number of fused-ring (bicyclic) bond motifs is 1. The maximum Gasteiger partial charge on any atom is 0.285 e. The maximum absolute atomic E-state index is 13.1. The van der Waals surface area contributed by atoms with Crippen molar-refractivity contribution in [2.24, 2.45) is 7.05 Å². The molecular weight excluding hydrogens is 356 g/mol. The van der Waals surface area contributed by atoms with E-state index >= 15 is 0 Å². The Morgan fingerprint density at radius 2 is 1.86 bits per heavy atom. The third-order valence-electron chi connectivity index (χ3n) is 4.79. The molecule has 28 heavy (non-hydrogen) atoms. The van der Waals surface area contributed by atoms with Crippen LogP contribution in [0.3, 0.4) is 0 Å². The molecule has 3 aromatic heterocycles. The van der Waals surface area contributed by atoms with Crippen LogP contribution in [-0.2, 0) is 7.05 Å². The first-order chi connectivity index (χ1) is 13.4. The number of hydrogen-bond donors (Lipinski definition) is 2. The minimum Gasteiger partial charge on any atom is -0.305 e. The number of anilines is 1. The Balaban J connectivity index is 1.83. The van der Waals surface area contributed by atoms with Crippen LogP contribution in [-0.4, -0.2) is 30.3 Å². The van der Waals surface area contributed by atoms with Crippen LogP contribution in [0.1, 0.15) is 27.4 Å². The van der Waals surface area contributed by atoms with Gasteiger partial charge in [-0.25, -0.2) is 9.50 Å². The number of H-pyrrole nitrogens is 1. The van der Waals surface area contributed by atoms with Gasteiger partial charge in [-0.1, -0.05) is 30.3 Å². The second kappa shape index (κ2) is 6.49. The van der Waals surface area contributed by atoms with Crippen molar-refractivity contribution in [1.82, 2.24) is 24.4 Å². The van der Waals surface area contributed by atoms with Crippen molar-refractivity contribution in [1.29, 1.82) is 0 Å². The number of rotatable bonds is 3. The first kappa shape index (κ1) is 17.7. The Kier molecular flexibility index (Phi) is 4.11. The molecule has 3 heterocycles. The highest BCUT2D eigenvalue weighted by Gasteiger charge is 2.22. The number of benzene rings is 1. The van der Waals surface area contributed by atoms with E-state index in [0.717, 1.165) is 22.5 Å². The summed E-state index contributed by atoms with van der Waals surface area (Å²) in [7, 11) is 1.78. The summed E-state index contributed by atoms with van der Waals surface area (Å²) in [6, 6.07) is 11.5. The molecule has 0 atom stereocenters. The second-order valence-corrected chi connectivity index (χ2v) is 6.76. The fraction of sp³-hybridized carbons (Fsp3) is 0.200. The van der Waals surface area contributed by atoms with Crippen molar-refractivity contribution >= 4 is 17.4 Å². The smallest absolute Gasteiger partial charge is 0.285 e. The topological polar surface area (TPSA) is 97.1 Å². The lowest BCUT2D eigenvalue weighted by Crippen LogP contribution is -2.29. The van der Waals surface area contributed by atoms with Crippen LogP contribution in [0, 0.1) is 20.8 Å². The van der Waals surface area contributed by atoms with Gasteiger partial charge in [0, 0.05) is 30.1 Å². The summed E-state index contributed by atoms with van der Waals surface area (Å²) < 4.78 is 2.97. The molecule has 142 valence electrons. The molecule has 4 aromatic rings. The van der Waals surface area contributed by atoms with Crippen molar-refractivity contribution in [3.8, 4) is 11.1 Å². The van der Waals surface area contributed by atoms with Gasteiger partial charge in [-0.15, -0.1) is 0 Å². The molecule has 0 saturated carbocycles. The molecule has 2 N–H and O–H groups in total. The van der Waals surface area contributed by atoms with Gasteiger partial charge >= 0.3 is 0 Å². The molecular formula is C20H20N6O2. The minimum atomic E-state index is -0.531. The standard InChI is InChI=1S/C20H20N6O2/c1-11-10-15(24-25(11)4)22-19(27)17-12(2)21-18-16(14-8-6-5-7-9-14)13(3)23-26(18)20(17)28/h5-10,23H,1-4H3,(H,22,24,27). The van der Waals surface area contributed by atoms with Crippen LogP contribution in [0.4, 0.5) is 5.82 Å². The minimum absolute atomic E-state index is 0.0123. The molecule has 0 aliphatic heterocycles. The molecule has 0 aliphatic rings. The average Bonchev–Trinajstić information content (AvgIpc) is 3.14. The molecule has 8 nitrogen and oxygen atoms in total. The number of aromatic amines is 1. The molecule has 0 unspecified atom stereocenters. The van der Waals surface area contributed by atoms with Gasteiger partial charge in [-0.05, 0) is 26.3 Å². The van der Waals surface area contributed by atoms with Crippen LogP contribution < -0.4 is 10.9 Å². The summed E-state index contributed by atoms with van der Waals surface area (Å²) in [4.78, 5) is 30.4. The molecule has 0 saturated heterocycles. The molecule has 0 bridgehead atoms. The largest absolute Gasteiger partial charge is 0.305 e. The van der Waals surface area contributed by atoms with Gasteiger partial charge in [-0.3, -0.25) is 19.4 Å².